The minimum absolute atomic E-state index is 0.0728. The maximum absolute atomic E-state index is 13.1. The molecule has 0 spiro atoms. The van der Waals surface area contributed by atoms with E-state index in [1.807, 2.05) is 6.07 Å². The molecule has 0 bridgehead atoms. The summed E-state index contributed by atoms with van der Waals surface area (Å²) in [7, 11) is 0. The monoisotopic (exact) mass is 384 g/mol. The smallest absolute Gasteiger partial charge is 0.279 e. The van der Waals surface area contributed by atoms with E-state index in [1.165, 1.54) is 4.68 Å². The molecular weight excluding hydrogens is 375 g/mol. The Labute approximate surface area is 156 Å². The Morgan fingerprint density at radius 1 is 1.00 bits per heavy atom. The molecule has 0 amide bonds. The molecule has 26 heavy (non-hydrogen) atoms. The molecule has 0 saturated heterocycles. The van der Waals surface area contributed by atoms with Gasteiger partial charge < -0.3 is 5.73 Å². The zero-order chi connectivity index (χ0) is 18.6. The first-order valence-electron chi connectivity index (χ1n) is 7.57. The van der Waals surface area contributed by atoms with E-state index in [0.717, 1.165) is 4.68 Å². The van der Waals surface area contributed by atoms with Crippen molar-refractivity contribution in [2.24, 2.45) is 5.73 Å². The van der Waals surface area contributed by atoms with E-state index < -0.39 is 17.2 Å². The van der Waals surface area contributed by atoms with Crippen LogP contribution in [0.1, 0.15) is 11.6 Å². The number of aromatic nitrogens is 2. The Bertz CT molecular complexity index is 1280. The highest BCUT2D eigenvalue weighted by molar-refractivity contribution is 6.42. The number of rotatable bonds is 1. The lowest BCUT2D eigenvalue weighted by molar-refractivity contribution is 0.539. The fraction of sp³-hybridized carbons (Fsp3) is 0.0556. The third-order valence-corrected chi connectivity index (χ3v) is 5.14. The molecule has 0 aliphatic carbocycles. The molecule has 2 heterocycles. The maximum atomic E-state index is 13.1. The van der Waals surface area contributed by atoms with E-state index in [2.05, 4.69) is 0 Å². The van der Waals surface area contributed by atoms with Crippen LogP contribution in [-0.2, 0) is 0 Å². The summed E-state index contributed by atoms with van der Waals surface area (Å²) in [6.45, 7) is 0. The van der Waals surface area contributed by atoms with Gasteiger partial charge in [-0.3, -0.25) is 9.59 Å². The third kappa shape index (κ3) is 2.11. The van der Waals surface area contributed by atoms with Crippen LogP contribution in [0.25, 0.3) is 16.6 Å². The van der Waals surface area contributed by atoms with E-state index in [9.17, 15) is 14.9 Å². The van der Waals surface area contributed by atoms with Gasteiger partial charge in [-0.15, -0.1) is 0 Å². The van der Waals surface area contributed by atoms with Crippen molar-refractivity contribution in [3.63, 3.8) is 0 Å². The molecule has 4 rings (SSSR count). The van der Waals surface area contributed by atoms with Gasteiger partial charge in [0.2, 0.25) is 0 Å². The second kappa shape index (κ2) is 5.77. The average molecular weight is 385 g/mol. The summed E-state index contributed by atoms with van der Waals surface area (Å²) in [6, 6.07) is 12.4. The van der Waals surface area contributed by atoms with Gasteiger partial charge in [-0.2, -0.15) is 9.94 Å². The van der Waals surface area contributed by atoms with E-state index >= 15 is 0 Å². The van der Waals surface area contributed by atoms with Crippen molar-refractivity contribution in [1.82, 2.24) is 9.36 Å². The van der Waals surface area contributed by atoms with Crippen LogP contribution in [-0.4, -0.2) is 9.36 Å². The second-order valence-electron chi connectivity index (χ2n) is 5.80. The van der Waals surface area contributed by atoms with Crippen molar-refractivity contribution in [3.8, 4) is 6.07 Å². The van der Waals surface area contributed by atoms with Gasteiger partial charge in [-0.05, 0) is 29.8 Å². The molecule has 0 fully saturated rings. The first kappa shape index (κ1) is 16.5. The van der Waals surface area contributed by atoms with Crippen molar-refractivity contribution in [3.05, 3.63) is 84.4 Å². The number of hydrogen-bond acceptors (Lipinski definition) is 4. The standard InChI is InChI=1S/C18H10Cl2N4O2/c19-13-6-5-9(7-14(13)20)15-12(8-21)16(22)24-18(26)11-4-2-1-3-10(11)17(25)23(15)24/h1-7,15H,22H2. The number of allylic oxidation sites excluding steroid dienone is 1. The predicted molar refractivity (Wildman–Crippen MR) is 100 cm³/mol. The molecule has 1 unspecified atom stereocenters. The highest BCUT2D eigenvalue weighted by Crippen LogP contribution is 2.35. The molecule has 1 aliphatic heterocycles. The highest BCUT2D eigenvalue weighted by Gasteiger charge is 2.34. The van der Waals surface area contributed by atoms with Crippen molar-refractivity contribution >= 4 is 39.8 Å². The number of halogens is 2. The Balaban J connectivity index is 2.15. The van der Waals surface area contributed by atoms with Crippen LogP contribution in [0, 0.1) is 11.3 Å². The molecule has 1 aliphatic rings. The molecule has 128 valence electrons. The molecule has 0 saturated carbocycles. The number of nitrogens with two attached hydrogens (primary N) is 1. The van der Waals surface area contributed by atoms with Gasteiger partial charge in [-0.1, -0.05) is 41.4 Å². The first-order valence-corrected chi connectivity index (χ1v) is 8.33. The minimum Gasteiger partial charge on any atom is -0.383 e. The second-order valence-corrected chi connectivity index (χ2v) is 6.61. The summed E-state index contributed by atoms with van der Waals surface area (Å²) in [5.74, 6) is -0.0728. The lowest BCUT2D eigenvalue weighted by atomic mass is 10.0. The number of nitrogens with zero attached hydrogens (tertiary/aromatic N) is 3. The first-order chi connectivity index (χ1) is 12.5. The van der Waals surface area contributed by atoms with Gasteiger partial charge in [0.1, 0.15) is 23.5 Å². The fourth-order valence-electron chi connectivity index (χ4n) is 3.23. The Morgan fingerprint density at radius 3 is 2.27 bits per heavy atom. The van der Waals surface area contributed by atoms with Gasteiger partial charge in [0, 0.05) is 0 Å². The molecule has 1 atom stereocenters. The molecule has 3 aromatic rings. The number of hydrogen-bond donors (Lipinski definition) is 1. The zero-order valence-electron chi connectivity index (χ0n) is 13.1. The lowest BCUT2D eigenvalue weighted by Gasteiger charge is -2.17. The zero-order valence-corrected chi connectivity index (χ0v) is 14.6. The van der Waals surface area contributed by atoms with Crippen LogP contribution in [0.4, 0.5) is 0 Å². The number of nitriles is 1. The van der Waals surface area contributed by atoms with Crippen molar-refractivity contribution in [2.45, 2.75) is 6.04 Å². The van der Waals surface area contributed by atoms with E-state index in [-0.39, 0.29) is 27.2 Å². The predicted octanol–water partition coefficient (Wildman–Crippen LogP) is 2.72. The summed E-state index contributed by atoms with van der Waals surface area (Å²) in [5.41, 5.74) is 5.79. The van der Waals surface area contributed by atoms with Gasteiger partial charge in [-0.25, -0.2) is 4.68 Å². The van der Waals surface area contributed by atoms with E-state index in [4.69, 9.17) is 28.9 Å². The summed E-state index contributed by atoms with van der Waals surface area (Å²) in [5, 5.41) is 10.7. The molecule has 6 nitrogen and oxygen atoms in total. The normalized spacial score (nSPS) is 16.0. The average Bonchev–Trinajstić information content (AvgIpc) is 2.95. The molecule has 2 aromatic carbocycles. The molecule has 8 heteroatoms. The Hall–Kier alpha value is -3.01. The maximum Gasteiger partial charge on any atom is 0.279 e. The largest absolute Gasteiger partial charge is 0.383 e. The van der Waals surface area contributed by atoms with Crippen molar-refractivity contribution in [1.29, 1.82) is 5.26 Å². The highest BCUT2D eigenvalue weighted by atomic mass is 35.5. The van der Waals surface area contributed by atoms with Crippen LogP contribution in [0.3, 0.4) is 0 Å². The van der Waals surface area contributed by atoms with E-state index in [0.29, 0.717) is 10.6 Å². The van der Waals surface area contributed by atoms with Crippen LogP contribution >= 0.6 is 23.2 Å². The molecule has 1 aromatic heterocycles. The molecule has 0 radical (unpaired) electrons. The van der Waals surface area contributed by atoms with Crippen LogP contribution in [0.5, 0.6) is 0 Å². The summed E-state index contributed by atoms with van der Waals surface area (Å²) < 4.78 is 2.24. The van der Waals surface area contributed by atoms with Crippen LogP contribution in [0.2, 0.25) is 10.0 Å². The third-order valence-electron chi connectivity index (χ3n) is 4.41. The van der Waals surface area contributed by atoms with Gasteiger partial charge in [0.05, 0.1) is 20.8 Å². The van der Waals surface area contributed by atoms with Gasteiger partial charge in [0.15, 0.2) is 0 Å². The molecule has 2 N–H and O–H groups in total. The Kier molecular flexibility index (Phi) is 3.65. The van der Waals surface area contributed by atoms with Gasteiger partial charge in [0.25, 0.3) is 11.1 Å². The van der Waals surface area contributed by atoms with Crippen molar-refractivity contribution in [2.75, 3.05) is 0 Å². The van der Waals surface area contributed by atoms with Gasteiger partial charge >= 0.3 is 0 Å². The summed E-state index contributed by atoms with van der Waals surface area (Å²) in [6.07, 6.45) is 0. The lowest BCUT2D eigenvalue weighted by Crippen LogP contribution is -2.38. The van der Waals surface area contributed by atoms with Crippen molar-refractivity contribution < 1.29 is 0 Å². The number of fused-ring (bicyclic) bond motifs is 2. The topological polar surface area (TPSA) is 93.8 Å². The summed E-state index contributed by atoms with van der Waals surface area (Å²) in [4.78, 5) is 25.9. The SMILES string of the molecule is N#CC1=C(N)n2c(=O)c3ccccc3c(=O)n2C1c1ccc(Cl)c(Cl)c1. The number of benzene rings is 2. The fourth-order valence-corrected chi connectivity index (χ4v) is 3.53. The minimum atomic E-state index is -0.862. The Morgan fingerprint density at radius 2 is 1.65 bits per heavy atom. The van der Waals surface area contributed by atoms with E-state index in [1.54, 1.807) is 42.5 Å². The molecular formula is C18H10Cl2N4O2. The quantitative estimate of drug-likeness (QED) is 0.697. The van der Waals surface area contributed by atoms with Crippen LogP contribution < -0.4 is 16.9 Å². The van der Waals surface area contributed by atoms with Crippen LogP contribution in [0.15, 0.2) is 57.6 Å². The summed E-state index contributed by atoms with van der Waals surface area (Å²) >= 11 is 12.1.